The predicted octanol–water partition coefficient (Wildman–Crippen LogP) is 2.50. The standard InChI is InChI=1S/C16H20N2OS/c19-16(8-11-20-14-4-2-1-3-5-14)17-15-12-18-9-6-13(15)7-10-18/h1-5,8,11,13,15H,6-7,9-10,12H2,(H,17,19)/t15-/m0/s1. The number of hydrogen-bond donors (Lipinski definition) is 1. The number of hydrogen-bond acceptors (Lipinski definition) is 3. The fraction of sp³-hybridized carbons (Fsp3) is 0.438. The van der Waals surface area contributed by atoms with Crippen LogP contribution in [0.25, 0.3) is 0 Å². The molecule has 1 N–H and O–H groups in total. The molecule has 4 heteroatoms. The first-order chi connectivity index (χ1) is 9.81. The summed E-state index contributed by atoms with van der Waals surface area (Å²) in [7, 11) is 0. The first-order valence-corrected chi connectivity index (χ1v) is 8.10. The molecule has 3 heterocycles. The monoisotopic (exact) mass is 288 g/mol. The van der Waals surface area contributed by atoms with Crippen molar-refractivity contribution in [2.45, 2.75) is 23.8 Å². The second-order valence-electron chi connectivity index (χ2n) is 5.49. The van der Waals surface area contributed by atoms with Gasteiger partial charge in [-0.3, -0.25) is 4.79 Å². The van der Waals surface area contributed by atoms with Crippen LogP contribution in [0.4, 0.5) is 0 Å². The summed E-state index contributed by atoms with van der Waals surface area (Å²) in [6, 6.07) is 10.4. The average molecular weight is 288 g/mol. The third-order valence-corrected chi connectivity index (χ3v) is 4.97. The van der Waals surface area contributed by atoms with Crippen molar-refractivity contribution in [3.8, 4) is 0 Å². The summed E-state index contributed by atoms with van der Waals surface area (Å²) in [6.07, 6.45) is 4.11. The molecule has 1 aromatic carbocycles. The SMILES string of the molecule is O=C(C=CSc1ccccc1)N[C@H]1CN2CCC1CC2. The highest BCUT2D eigenvalue weighted by Crippen LogP contribution is 2.27. The smallest absolute Gasteiger partial charge is 0.244 e. The van der Waals surface area contributed by atoms with Gasteiger partial charge in [0.15, 0.2) is 0 Å². The number of thioether (sulfide) groups is 1. The van der Waals surface area contributed by atoms with Crippen LogP contribution in [0, 0.1) is 5.92 Å². The van der Waals surface area contributed by atoms with Crippen molar-refractivity contribution in [1.29, 1.82) is 0 Å². The third kappa shape index (κ3) is 3.44. The Balaban J connectivity index is 1.47. The number of amides is 1. The van der Waals surface area contributed by atoms with Crippen molar-refractivity contribution in [1.82, 2.24) is 10.2 Å². The fourth-order valence-electron chi connectivity index (χ4n) is 3.03. The second kappa shape index (κ2) is 6.46. The number of nitrogens with zero attached hydrogens (tertiary/aromatic N) is 1. The Morgan fingerprint density at radius 2 is 2.00 bits per heavy atom. The molecule has 2 bridgehead atoms. The van der Waals surface area contributed by atoms with E-state index in [1.54, 1.807) is 17.8 Å². The van der Waals surface area contributed by atoms with E-state index in [9.17, 15) is 4.79 Å². The van der Waals surface area contributed by atoms with Crippen LogP contribution in [-0.2, 0) is 4.79 Å². The molecular formula is C16H20N2OS. The summed E-state index contributed by atoms with van der Waals surface area (Å²) in [5.41, 5.74) is 0. The van der Waals surface area contributed by atoms with Gasteiger partial charge in [-0.25, -0.2) is 0 Å². The number of benzene rings is 1. The average Bonchev–Trinajstić information content (AvgIpc) is 2.49. The van der Waals surface area contributed by atoms with Gasteiger partial charge in [-0.15, -0.1) is 0 Å². The van der Waals surface area contributed by atoms with Gasteiger partial charge >= 0.3 is 0 Å². The maximum Gasteiger partial charge on any atom is 0.244 e. The Labute approximate surface area is 124 Å². The molecule has 106 valence electrons. The lowest BCUT2D eigenvalue weighted by Crippen LogP contribution is -2.57. The molecule has 1 aromatic rings. The molecule has 1 atom stereocenters. The van der Waals surface area contributed by atoms with Crippen molar-refractivity contribution < 1.29 is 4.79 Å². The van der Waals surface area contributed by atoms with Crippen molar-refractivity contribution in [2.75, 3.05) is 19.6 Å². The summed E-state index contributed by atoms with van der Waals surface area (Å²) in [5.74, 6) is 0.714. The van der Waals surface area contributed by atoms with E-state index >= 15 is 0 Å². The molecule has 0 spiro atoms. The lowest BCUT2D eigenvalue weighted by Gasteiger charge is -2.44. The summed E-state index contributed by atoms with van der Waals surface area (Å²) in [4.78, 5) is 15.6. The number of carbonyl (C=O) groups is 1. The van der Waals surface area contributed by atoms with E-state index in [0.29, 0.717) is 12.0 Å². The minimum Gasteiger partial charge on any atom is -0.348 e. The lowest BCUT2D eigenvalue weighted by atomic mass is 9.84. The minimum atomic E-state index is 0.0344. The Hall–Kier alpha value is -1.26. The summed E-state index contributed by atoms with van der Waals surface area (Å²) in [5, 5.41) is 5.02. The van der Waals surface area contributed by atoms with Crippen molar-refractivity contribution in [3.63, 3.8) is 0 Å². The molecule has 3 aliphatic rings. The number of nitrogens with one attached hydrogen (secondary N) is 1. The van der Waals surface area contributed by atoms with Gasteiger partial charge < -0.3 is 10.2 Å². The molecular weight excluding hydrogens is 268 g/mol. The molecule has 20 heavy (non-hydrogen) atoms. The maximum atomic E-state index is 11.9. The van der Waals surface area contributed by atoms with Crippen LogP contribution in [0.2, 0.25) is 0 Å². The summed E-state index contributed by atoms with van der Waals surface area (Å²) in [6.45, 7) is 3.43. The zero-order chi connectivity index (χ0) is 13.8. The highest BCUT2D eigenvalue weighted by Gasteiger charge is 2.34. The predicted molar refractivity (Wildman–Crippen MR) is 82.5 cm³/mol. The highest BCUT2D eigenvalue weighted by atomic mass is 32.2. The van der Waals surface area contributed by atoms with Gasteiger partial charge in [0.2, 0.25) is 5.91 Å². The van der Waals surface area contributed by atoms with Gasteiger partial charge in [0.1, 0.15) is 0 Å². The summed E-state index contributed by atoms with van der Waals surface area (Å²) < 4.78 is 0. The van der Waals surface area contributed by atoms with Crippen LogP contribution in [-0.4, -0.2) is 36.5 Å². The van der Waals surface area contributed by atoms with Crippen LogP contribution in [0.1, 0.15) is 12.8 Å². The first-order valence-electron chi connectivity index (χ1n) is 7.22. The van der Waals surface area contributed by atoms with Crippen LogP contribution in [0.15, 0.2) is 46.7 Å². The zero-order valence-corrected chi connectivity index (χ0v) is 12.3. The Kier molecular flexibility index (Phi) is 4.43. The van der Waals surface area contributed by atoms with E-state index in [4.69, 9.17) is 0 Å². The van der Waals surface area contributed by atoms with E-state index in [1.165, 1.54) is 25.9 Å². The van der Waals surface area contributed by atoms with Gasteiger partial charge in [-0.2, -0.15) is 0 Å². The fourth-order valence-corrected chi connectivity index (χ4v) is 3.70. The van der Waals surface area contributed by atoms with Gasteiger partial charge in [0.25, 0.3) is 0 Å². The second-order valence-corrected chi connectivity index (χ2v) is 6.47. The van der Waals surface area contributed by atoms with E-state index in [2.05, 4.69) is 10.2 Å². The molecule has 0 unspecified atom stereocenters. The van der Waals surface area contributed by atoms with Gasteiger partial charge in [-0.1, -0.05) is 30.0 Å². The molecule has 3 saturated heterocycles. The molecule has 0 aliphatic carbocycles. The number of carbonyl (C=O) groups excluding carboxylic acids is 1. The van der Waals surface area contributed by atoms with Crippen LogP contribution < -0.4 is 5.32 Å². The normalized spacial score (nSPS) is 28.7. The molecule has 1 amide bonds. The van der Waals surface area contributed by atoms with Gasteiger partial charge in [0, 0.05) is 23.6 Å². The lowest BCUT2D eigenvalue weighted by molar-refractivity contribution is -0.118. The number of fused-ring (bicyclic) bond motifs is 3. The highest BCUT2D eigenvalue weighted by molar-refractivity contribution is 8.02. The first kappa shape index (κ1) is 13.7. The van der Waals surface area contributed by atoms with Crippen molar-refractivity contribution in [3.05, 3.63) is 41.8 Å². The largest absolute Gasteiger partial charge is 0.348 e. The molecule has 0 saturated carbocycles. The quantitative estimate of drug-likeness (QED) is 0.682. The molecule has 0 radical (unpaired) electrons. The van der Waals surface area contributed by atoms with Crippen LogP contribution in [0.3, 0.4) is 0 Å². The van der Waals surface area contributed by atoms with E-state index in [0.717, 1.165) is 11.4 Å². The van der Waals surface area contributed by atoms with E-state index in [1.807, 2.05) is 35.7 Å². The van der Waals surface area contributed by atoms with E-state index < -0.39 is 0 Å². The maximum absolute atomic E-state index is 11.9. The summed E-state index contributed by atoms with van der Waals surface area (Å²) >= 11 is 1.57. The van der Waals surface area contributed by atoms with Gasteiger partial charge in [0.05, 0.1) is 0 Å². The minimum absolute atomic E-state index is 0.0344. The Morgan fingerprint density at radius 3 is 2.65 bits per heavy atom. The zero-order valence-electron chi connectivity index (χ0n) is 11.5. The van der Waals surface area contributed by atoms with Crippen LogP contribution >= 0.6 is 11.8 Å². The molecule has 0 aromatic heterocycles. The van der Waals surface area contributed by atoms with Gasteiger partial charge in [-0.05, 0) is 49.4 Å². The third-order valence-electron chi connectivity index (χ3n) is 4.15. The molecule has 3 nitrogen and oxygen atoms in total. The van der Waals surface area contributed by atoms with Crippen molar-refractivity contribution >= 4 is 17.7 Å². The Morgan fingerprint density at radius 1 is 1.25 bits per heavy atom. The van der Waals surface area contributed by atoms with Crippen molar-refractivity contribution in [2.24, 2.45) is 5.92 Å². The number of piperidine rings is 3. The molecule has 4 rings (SSSR count). The Bertz CT molecular complexity index is 481. The topological polar surface area (TPSA) is 32.3 Å². The molecule has 3 aliphatic heterocycles. The van der Waals surface area contributed by atoms with E-state index in [-0.39, 0.29) is 5.91 Å². The molecule has 3 fully saturated rings. The number of rotatable bonds is 4. The van der Waals surface area contributed by atoms with Crippen LogP contribution in [0.5, 0.6) is 0 Å².